The smallest absolute Gasteiger partial charge is 0.303 e. The minimum absolute atomic E-state index is 0.114. The molecule has 0 aliphatic rings. The molecule has 0 unspecified atom stereocenters. The Labute approximate surface area is 117 Å². The van der Waals surface area contributed by atoms with E-state index < -0.39 is 5.97 Å². The summed E-state index contributed by atoms with van der Waals surface area (Å²) in [4.78, 5) is 23.9. The molecule has 0 saturated carbocycles. The maximum absolute atomic E-state index is 11.7. The Kier molecular flexibility index (Phi) is 6.32. The van der Waals surface area contributed by atoms with Crippen LogP contribution in [0.5, 0.6) is 0 Å². The molecule has 5 nitrogen and oxygen atoms in total. The first-order valence-electron chi connectivity index (χ1n) is 5.93. The molecule has 1 aromatic rings. The number of anilines is 1. The SMILES string of the molecule is CN(CCCC(=O)O)CC(=O)Nc1ccc(Cl)cc1. The van der Waals surface area contributed by atoms with Gasteiger partial charge in [0.25, 0.3) is 0 Å². The summed E-state index contributed by atoms with van der Waals surface area (Å²) >= 11 is 5.75. The Morgan fingerprint density at radius 3 is 2.53 bits per heavy atom. The average molecular weight is 285 g/mol. The highest BCUT2D eigenvalue weighted by atomic mass is 35.5. The van der Waals surface area contributed by atoms with Crippen molar-refractivity contribution in [2.45, 2.75) is 12.8 Å². The molecule has 0 aliphatic carbocycles. The summed E-state index contributed by atoms with van der Waals surface area (Å²) < 4.78 is 0. The van der Waals surface area contributed by atoms with Crippen molar-refractivity contribution in [3.63, 3.8) is 0 Å². The summed E-state index contributed by atoms with van der Waals surface area (Å²) in [5.41, 5.74) is 0.688. The molecule has 0 radical (unpaired) electrons. The zero-order chi connectivity index (χ0) is 14.3. The highest BCUT2D eigenvalue weighted by Crippen LogP contribution is 2.13. The van der Waals surface area contributed by atoms with Gasteiger partial charge < -0.3 is 10.4 Å². The molecular formula is C13H17ClN2O3. The topological polar surface area (TPSA) is 69.6 Å². The summed E-state index contributed by atoms with van der Waals surface area (Å²) in [6.45, 7) is 0.794. The summed E-state index contributed by atoms with van der Waals surface area (Å²) in [5, 5.41) is 11.9. The number of nitrogens with zero attached hydrogens (tertiary/aromatic N) is 1. The quantitative estimate of drug-likeness (QED) is 0.804. The molecule has 1 amide bonds. The van der Waals surface area contributed by atoms with E-state index in [9.17, 15) is 9.59 Å². The number of halogens is 1. The minimum atomic E-state index is -0.820. The Morgan fingerprint density at radius 2 is 1.95 bits per heavy atom. The number of carbonyl (C=O) groups excluding carboxylic acids is 1. The van der Waals surface area contributed by atoms with E-state index in [0.29, 0.717) is 23.7 Å². The van der Waals surface area contributed by atoms with Crippen molar-refractivity contribution >= 4 is 29.2 Å². The van der Waals surface area contributed by atoms with Gasteiger partial charge in [-0.25, -0.2) is 0 Å². The molecule has 0 heterocycles. The van der Waals surface area contributed by atoms with Crippen LogP contribution in [0, 0.1) is 0 Å². The Bertz CT molecular complexity index is 434. The van der Waals surface area contributed by atoms with Crippen LogP contribution in [0.2, 0.25) is 5.02 Å². The van der Waals surface area contributed by atoms with Crippen molar-refractivity contribution in [1.82, 2.24) is 4.90 Å². The van der Waals surface area contributed by atoms with E-state index in [-0.39, 0.29) is 18.9 Å². The highest BCUT2D eigenvalue weighted by Gasteiger charge is 2.07. The van der Waals surface area contributed by atoms with Gasteiger partial charge in [0, 0.05) is 17.1 Å². The van der Waals surface area contributed by atoms with E-state index in [4.69, 9.17) is 16.7 Å². The first-order valence-corrected chi connectivity index (χ1v) is 6.31. The molecule has 6 heteroatoms. The van der Waals surface area contributed by atoms with Crippen molar-refractivity contribution in [3.8, 4) is 0 Å². The van der Waals surface area contributed by atoms with Gasteiger partial charge in [0.1, 0.15) is 0 Å². The van der Waals surface area contributed by atoms with Gasteiger partial charge in [-0.05, 0) is 44.3 Å². The zero-order valence-corrected chi connectivity index (χ0v) is 11.5. The number of hydrogen-bond donors (Lipinski definition) is 2. The van der Waals surface area contributed by atoms with Gasteiger partial charge in [-0.2, -0.15) is 0 Å². The van der Waals surface area contributed by atoms with Crippen LogP contribution in [0.15, 0.2) is 24.3 Å². The third kappa shape index (κ3) is 6.79. The lowest BCUT2D eigenvalue weighted by Gasteiger charge is -2.15. The lowest BCUT2D eigenvalue weighted by molar-refractivity contribution is -0.137. The van der Waals surface area contributed by atoms with Crippen LogP contribution in [0.3, 0.4) is 0 Å². The van der Waals surface area contributed by atoms with E-state index >= 15 is 0 Å². The molecule has 0 bridgehead atoms. The van der Waals surface area contributed by atoms with E-state index in [1.165, 1.54) is 0 Å². The number of nitrogens with one attached hydrogen (secondary N) is 1. The normalized spacial score (nSPS) is 10.5. The molecule has 19 heavy (non-hydrogen) atoms. The van der Waals surface area contributed by atoms with Crippen molar-refractivity contribution in [3.05, 3.63) is 29.3 Å². The van der Waals surface area contributed by atoms with Crippen LogP contribution in [0.25, 0.3) is 0 Å². The van der Waals surface area contributed by atoms with Gasteiger partial charge in [-0.1, -0.05) is 11.6 Å². The third-order valence-electron chi connectivity index (χ3n) is 2.47. The van der Waals surface area contributed by atoms with Crippen molar-refractivity contribution in [1.29, 1.82) is 0 Å². The highest BCUT2D eigenvalue weighted by molar-refractivity contribution is 6.30. The molecule has 104 valence electrons. The van der Waals surface area contributed by atoms with Gasteiger partial charge in [0.2, 0.25) is 5.91 Å². The van der Waals surface area contributed by atoms with Gasteiger partial charge in [0.15, 0.2) is 0 Å². The maximum Gasteiger partial charge on any atom is 0.303 e. The van der Waals surface area contributed by atoms with Crippen LogP contribution in [-0.4, -0.2) is 42.0 Å². The van der Waals surface area contributed by atoms with E-state index in [1.54, 1.807) is 36.2 Å². The molecule has 0 saturated heterocycles. The third-order valence-corrected chi connectivity index (χ3v) is 2.72. The summed E-state index contributed by atoms with van der Waals surface area (Å²) in [7, 11) is 1.78. The van der Waals surface area contributed by atoms with Gasteiger partial charge >= 0.3 is 5.97 Å². The number of benzene rings is 1. The lowest BCUT2D eigenvalue weighted by atomic mass is 10.3. The first-order chi connectivity index (χ1) is 8.97. The number of hydrogen-bond acceptors (Lipinski definition) is 3. The molecular weight excluding hydrogens is 268 g/mol. The molecule has 0 aliphatic heterocycles. The molecule has 1 rings (SSSR count). The predicted octanol–water partition coefficient (Wildman–Crippen LogP) is 2.08. The average Bonchev–Trinajstić information content (AvgIpc) is 2.31. The van der Waals surface area contributed by atoms with Crippen LogP contribution >= 0.6 is 11.6 Å². The van der Waals surface area contributed by atoms with Crippen LogP contribution in [-0.2, 0) is 9.59 Å². The Balaban J connectivity index is 2.30. The predicted molar refractivity (Wildman–Crippen MR) is 74.4 cm³/mol. The fraction of sp³-hybridized carbons (Fsp3) is 0.385. The first kappa shape index (κ1) is 15.5. The summed E-state index contributed by atoms with van der Waals surface area (Å²) in [6, 6.07) is 6.86. The number of aliphatic carboxylic acids is 1. The number of carbonyl (C=O) groups is 2. The van der Waals surface area contributed by atoms with E-state index in [2.05, 4.69) is 5.32 Å². The summed E-state index contributed by atoms with van der Waals surface area (Å²) in [5.74, 6) is -0.959. The zero-order valence-electron chi connectivity index (χ0n) is 10.7. The largest absolute Gasteiger partial charge is 0.481 e. The second-order valence-electron chi connectivity index (χ2n) is 4.29. The number of amides is 1. The second-order valence-corrected chi connectivity index (χ2v) is 4.73. The molecule has 0 aromatic heterocycles. The van der Waals surface area contributed by atoms with Crippen molar-refractivity contribution in [2.24, 2.45) is 0 Å². The fourth-order valence-corrected chi connectivity index (χ4v) is 1.68. The van der Waals surface area contributed by atoms with E-state index in [1.807, 2.05) is 0 Å². The maximum atomic E-state index is 11.7. The standard InChI is InChI=1S/C13H17ClN2O3/c1-16(8-2-3-13(18)19)9-12(17)15-11-6-4-10(14)5-7-11/h4-7H,2-3,8-9H2,1H3,(H,15,17)(H,18,19). The number of rotatable bonds is 7. The van der Waals surface area contributed by atoms with Crippen LogP contribution < -0.4 is 5.32 Å². The molecule has 0 fully saturated rings. The second kappa shape index (κ2) is 7.76. The Morgan fingerprint density at radius 1 is 1.32 bits per heavy atom. The monoisotopic (exact) mass is 284 g/mol. The van der Waals surface area contributed by atoms with E-state index in [0.717, 1.165) is 0 Å². The van der Waals surface area contributed by atoms with Crippen LogP contribution in [0.1, 0.15) is 12.8 Å². The number of carboxylic acids is 1. The van der Waals surface area contributed by atoms with Crippen molar-refractivity contribution in [2.75, 3.05) is 25.5 Å². The number of likely N-dealkylation sites (N-methyl/N-ethyl adjacent to an activating group) is 1. The minimum Gasteiger partial charge on any atom is -0.481 e. The molecule has 1 aromatic carbocycles. The lowest BCUT2D eigenvalue weighted by Crippen LogP contribution is -2.31. The van der Waals surface area contributed by atoms with Gasteiger partial charge in [-0.3, -0.25) is 14.5 Å². The van der Waals surface area contributed by atoms with Crippen molar-refractivity contribution < 1.29 is 14.7 Å². The Hall–Kier alpha value is -1.59. The fourth-order valence-electron chi connectivity index (χ4n) is 1.56. The van der Waals surface area contributed by atoms with Crippen LogP contribution in [0.4, 0.5) is 5.69 Å². The molecule has 0 spiro atoms. The van der Waals surface area contributed by atoms with Gasteiger partial charge in [0.05, 0.1) is 6.54 Å². The van der Waals surface area contributed by atoms with Gasteiger partial charge in [-0.15, -0.1) is 0 Å². The molecule has 2 N–H and O–H groups in total. The summed E-state index contributed by atoms with van der Waals surface area (Å²) in [6.07, 6.45) is 0.642. The molecule has 0 atom stereocenters. The number of carboxylic acid groups (broad SMARTS) is 1.